The van der Waals surface area contributed by atoms with Crippen LogP contribution in [0.4, 0.5) is 5.69 Å². The van der Waals surface area contributed by atoms with Crippen molar-refractivity contribution in [3.05, 3.63) is 40.9 Å². The van der Waals surface area contributed by atoms with Gasteiger partial charge in [-0.05, 0) is 42.2 Å². The standard InChI is InChI=1S/C24H28ClN3O2/c1-13-26-20-17(25)9-14-10-18(22(29)28-11-15-16(12-28)23(15,2)3)30-21(14)19(20)24(27-13)7-5-4-6-8-24/h9-10,15-16,26-27H,1,4-8,11-12H2,2-3H3. The molecule has 5 nitrogen and oxygen atoms in total. The van der Waals surface area contributed by atoms with E-state index in [0.29, 0.717) is 28.0 Å². The molecule has 0 bridgehead atoms. The Balaban J connectivity index is 1.43. The first-order valence-corrected chi connectivity index (χ1v) is 11.5. The Labute approximate surface area is 181 Å². The van der Waals surface area contributed by atoms with Gasteiger partial charge < -0.3 is 20.0 Å². The molecule has 6 rings (SSSR count). The molecule has 30 heavy (non-hydrogen) atoms. The lowest BCUT2D eigenvalue weighted by molar-refractivity contribution is 0.0728. The van der Waals surface area contributed by atoms with Gasteiger partial charge in [-0.2, -0.15) is 0 Å². The van der Waals surface area contributed by atoms with Crippen LogP contribution in [-0.4, -0.2) is 23.9 Å². The second-order valence-electron chi connectivity index (χ2n) is 10.3. The maximum Gasteiger partial charge on any atom is 0.289 e. The largest absolute Gasteiger partial charge is 0.450 e. The van der Waals surface area contributed by atoms with Crippen molar-refractivity contribution in [2.45, 2.75) is 51.5 Å². The van der Waals surface area contributed by atoms with Gasteiger partial charge in [-0.3, -0.25) is 4.79 Å². The Bertz CT molecular complexity index is 1080. The highest BCUT2D eigenvalue weighted by molar-refractivity contribution is 6.34. The third kappa shape index (κ3) is 2.44. The first-order chi connectivity index (χ1) is 14.3. The number of piperidine rings is 1. The van der Waals surface area contributed by atoms with E-state index in [1.165, 1.54) is 6.42 Å². The number of hydrogen-bond acceptors (Lipinski definition) is 4. The summed E-state index contributed by atoms with van der Waals surface area (Å²) < 4.78 is 6.30. The molecule has 1 saturated heterocycles. The molecule has 4 aliphatic rings. The summed E-state index contributed by atoms with van der Waals surface area (Å²) in [6.07, 6.45) is 5.53. The van der Waals surface area contributed by atoms with Crippen LogP contribution >= 0.6 is 11.6 Å². The topological polar surface area (TPSA) is 57.5 Å². The molecule has 2 aliphatic heterocycles. The average molecular weight is 426 g/mol. The molecule has 1 aromatic heterocycles. The van der Waals surface area contributed by atoms with E-state index < -0.39 is 0 Å². The van der Waals surface area contributed by atoms with E-state index in [1.807, 2.05) is 17.0 Å². The predicted octanol–water partition coefficient (Wildman–Crippen LogP) is 5.46. The minimum absolute atomic E-state index is 0.00194. The van der Waals surface area contributed by atoms with Crippen LogP contribution in [0.25, 0.3) is 11.0 Å². The van der Waals surface area contributed by atoms with Gasteiger partial charge in [0.2, 0.25) is 0 Å². The molecule has 2 atom stereocenters. The van der Waals surface area contributed by atoms with Gasteiger partial charge in [0.05, 0.1) is 22.1 Å². The number of hydrogen-bond donors (Lipinski definition) is 2. The third-order valence-electron chi connectivity index (χ3n) is 8.23. The molecule has 158 valence electrons. The summed E-state index contributed by atoms with van der Waals surface area (Å²) in [6, 6.07) is 3.78. The smallest absolute Gasteiger partial charge is 0.289 e. The lowest BCUT2D eigenvalue weighted by Crippen LogP contribution is -2.48. The quantitative estimate of drug-likeness (QED) is 0.636. The van der Waals surface area contributed by atoms with E-state index in [0.717, 1.165) is 66.8 Å². The first kappa shape index (κ1) is 18.6. The maximum absolute atomic E-state index is 13.2. The molecule has 3 fully saturated rings. The molecular weight excluding hydrogens is 398 g/mol. The van der Waals surface area contributed by atoms with Crippen molar-refractivity contribution in [2.24, 2.45) is 17.3 Å². The van der Waals surface area contributed by atoms with Gasteiger partial charge in [-0.1, -0.05) is 51.3 Å². The molecule has 2 unspecified atom stereocenters. The summed E-state index contributed by atoms with van der Waals surface area (Å²) in [6.45, 7) is 10.4. The van der Waals surface area contributed by atoms with E-state index in [1.54, 1.807) is 0 Å². The number of carbonyl (C=O) groups excluding carboxylic acids is 1. The molecule has 2 aromatic rings. The minimum Gasteiger partial charge on any atom is -0.450 e. The highest BCUT2D eigenvalue weighted by Crippen LogP contribution is 2.62. The summed E-state index contributed by atoms with van der Waals surface area (Å²) in [4.78, 5) is 15.2. The lowest BCUT2D eigenvalue weighted by Gasteiger charge is -2.44. The van der Waals surface area contributed by atoms with Crippen LogP contribution in [0.15, 0.2) is 28.9 Å². The maximum atomic E-state index is 13.2. The van der Waals surface area contributed by atoms with Crippen molar-refractivity contribution in [3.63, 3.8) is 0 Å². The molecule has 0 radical (unpaired) electrons. The Kier molecular flexibility index (Phi) is 3.70. The Morgan fingerprint density at radius 3 is 2.60 bits per heavy atom. The Morgan fingerprint density at radius 1 is 1.20 bits per heavy atom. The molecular formula is C24H28ClN3O2. The van der Waals surface area contributed by atoms with Crippen LogP contribution in [0.5, 0.6) is 0 Å². The number of fused-ring (bicyclic) bond motifs is 5. The van der Waals surface area contributed by atoms with Crippen LogP contribution in [0.2, 0.25) is 5.02 Å². The Morgan fingerprint density at radius 2 is 1.90 bits per heavy atom. The molecule has 1 amide bonds. The number of carbonyl (C=O) groups is 1. The van der Waals surface area contributed by atoms with Gasteiger partial charge in [0.1, 0.15) is 5.58 Å². The van der Waals surface area contributed by atoms with Crippen LogP contribution < -0.4 is 10.6 Å². The summed E-state index contributed by atoms with van der Waals surface area (Å²) in [7, 11) is 0. The van der Waals surface area contributed by atoms with E-state index in [2.05, 4.69) is 31.1 Å². The molecule has 2 saturated carbocycles. The van der Waals surface area contributed by atoms with Gasteiger partial charge in [0, 0.05) is 24.0 Å². The fourth-order valence-electron chi connectivity index (χ4n) is 6.35. The second kappa shape index (κ2) is 5.97. The monoisotopic (exact) mass is 425 g/mol. The summed E-state index contributed by atoms with van der Waals surface area (Å²) in [5.41, 5.74) is 2.84. The highest BCUT2D eigenvalue weighted by Gasteiger charge is 2.62. The predicted molar refractivity (Wildman–Crippen MR) is 119 cm³/mol. The fraction of sp³-hybridized carbons (Fsp3) is 0.542. The van der Waals surface area contributed by atoms with Crippen molar-refractivity contribution in [3.8, 4) is 0 Å². The molecule has 2 N–H and O–H groups in total. The minimum atomic E-state index is -0.240. The zero-order chi connectivity index (χ0) is 20.8. The highest BCUT2D eigenvalue weighted by atomic mass is 35.5. The molecule has 1 aromatic carbocycles. The van der Waals surface area contributed by atoms with Gasteiger partial charge >= 0.3 is 0 Å². The molecule has 6 heteroatoms. The molecule has 1 spiro atoms. The average Bonchev–Trinajstić information content (AvgIpc) is 3.12. The van der Waals surface area contributed by atoms with E-state index in [4.69, 9.17) is 16.0 Å². The third-order valence-corrected chi connectivity index (χ3v) is 8.53. The number of nitrogens with one attached hydrogen (secondary N) is 2. The van der Waals surface area contributed by atoms with Crippen LogP contribution in [0, 0.1) is 17.3 Å². The van der Waals surface area contributed by atoms with Crippen molar-refractivity contribution in [1.82, 2.24) is 10.2 Å². The second-order valence-corrected chi connectivity index (χ2v) is 10.7. The van der Waals surface area contributed by atoms with Gasteiger partial charge in [-0.15, -0.1) is 0 Å². The normalized spacial score (nSPS) is 28.1. The van der Waals surface area contributed by atoms with Crippen molar-refractivity contribution in [1.29, 1.82) is 0 Å². The lowest BCUT2D eigenvalue weighted by atomic mass is 9.74. The van der Waals surface area contributed by atoms with E-state index >= 15 is 0 Å². The molecule has 2 aliphatic carbocycles. The van der Waals surface area contributed by atoms with Crippen molar-refractivity contribution in [2.75, 3.05) is 18.4 Å². The summed E-state index contributed by atoms with van der Waals surface area (Å²) in [5.74, 6) is 2.44. The SMILES string of the molecule is C=C1Nc2c(Cl)cc3cc(C(=O)N4CC5C(C4)C5(C)C)oc3c2C2(CCCCC2)N1. The van der Waals surface area contributed by atoms with Gasteiger partial charge in [0.25, 0.3) is 5.91 Å². The number of anilines is 1. The van der Waals surface area contributed by atoms with Crippen molar-refractivity contribution < 1.29 is 9.21 Å². The number of nitrogens with zero attached hydrogens (tertiary/aromatic N) is 1. The summed E-state index contributed by atoms with van der Waals surface area (Å²) in [5, 5.41) is 8.46. The number of likely N-dealkylation sites (tertiary alicyclic amines) is 1. The fourth-order valence-corrected chi connectivity index (χ4v) is 6.61. The first-order valence-electron chi connectivity index (χ1n) is 11.1. The van der Waals surface area contributed by atoms with Crippen LogP contribution in [0.3, 0.4) is 0 Å². The zero-order valence-electron chi connectivity index (χ0n) is 17.6. The number of furan rings is 1. The van der Waals surface area contributed by atoms with E-state index in [9.17, 15) is 4.79 Å². The van der Waals surface area contributed by atoms with Crippen molar-refractivity contribution >= 4 is 34.2 Å². The van der Waals surface area contributed by atoms with Gasteiger partial charge in [0.15, 0.2) is 5.76 Å². The van der Waals surface area contributed by atoms with E-state index in [-0.39, 0.29) is 11.4 Å². The number of benzene rings is 1. The van der Waals surface area contributed by atoms with Gasteiger partial charge in [-0.25, -0.2) is 0 Å². The zero-order valence-corrected chi connectivity index (χ0v) is 18.4. The number of halogens is 1. The summed E-state index contributed by atoms with van der Waals surface area (Å²) >= 11 is 6.69. The van der Waals surface area contributed by atoms with Crippen LogP contribution in [0.1, 0.15) is 62.1 Å². The number of rotatable bonds is 1. The molecule has 3 heterocycles. The Hall–Kier alpha value is -2.14. The van der Waals surface area contributed by atoms with Crippen LogP contribution in [-0.2, 0) is 5.54 Å². The number of amides is 1.